The highest BCUT2D eigenvalue weighted by Crippen LogP contribution is 2.27. The highest BCUT2D eigenvalue weighted by atomic mass is 32.1. The van der Waals surface area contributed by atoms with E-state index in [0.717, 1.165) is 28.6 Å². The van der Waals surface area contributed by atoms with E-state index in [9.17, 15) is 0 Å². The summed E-state index contributed by atoms with van der Waals surface area (Å²) in [4.78, 5) is 13.2. The molecular formula is C12H14N4S. The second kappa shape index (κ2) is 4.50. The van der Waals surface area contributed by atoms with Gasteiger partial charge in [0.2, 0.25) is 0 Å². The van der Waals surface area contributed by atoms with Crippen LogP contribution in [0.2, 0.25) is 0 Å². The van der Waals surface area contributed by atoms with Gasteiger partial charge in [-0.1, -0.05) is 0 Å². The maximum Gasteiger partial charge on any atom is 0.188 e. The molecule has 0 amide bonds. The Morgan fingerprint density at radius 1 is 1.35 bits per heavy atom. The number of hydrogen-bond acceptors (Lipinski definition) is 5. The summed E-state index contributed by atoms with van der Waals surface area (Å²) in [5, 5.41) is 6.47. The standard InChI is InChI=1S/C12H14N4S/c1-8-5-14-11(15-6-8)12-16-10(7-17-12)9-3-2-4-13-9/h5-7,9,13H,2-4H2,1H3. The minimum Gasteiger partial charge on any atom is -0.309 e. The zero-order chi connectivity index (χ0) is 11.7. The predicted molar refractivity (Wildman–Crippen MR) is 67.9 cm³/mol. The fraction of sp³-hybridized carbons (Fsp3) is 0.417. The van der Waals surface area contributed by atoms with Gasteiger partial charge >= 0.3 is 0 Å². The first kappa shape index (κ1) is 10.8. The highest BCUT2D eigenvalue weighted by molar-refractivity contribution is 7.13. The SMILES string of the molecule is Cc1cnc(-c2nc(C3CCCN3)cs2)nc1. The van der Waals surface area contributed by atoms with Gasteiger partial charge in [-0.05, 0) is 31.9 Å². The Balaban J connectivity index is 1.86. The van der Waals surface area contributed by atoms with Crippen LogP contribution in [-0.4, -0.2) is 21.5 Å². The number of rotatable bonds is 2. The summed E-state index contributed by atoms with van der Waals surface area (Å²) < 4.78 is 0. The predicted octanol–water partition coefficient (Wildman–Crippen LogP) is 2.33. The molecule has 1 fully saturated rings. The van der Waals surface area contributed by atoms with E-state index in [2.05, 4.69) is 25.6 Å². The molecule has 0 spiro atoms. The molecule has 88 valence electrons. The van der Waals surface area contributed by atoms with Crippen LogP contribution in [0, 0.1) is 6.92 Å². The van der Waals surface area contributed by atoms with E-state index in [-0.39, 0.29) is 0 Å². The van der Waals surface area contributed by atoms with Crippen molar-refractivity contribution in [3.8, 4) is 10.8 Å². The van der Waals surface area contributed by atoms with Crippen molar-refractivity contribution in [3.05, 3.63) is 29.0 Å². The van der Waals surface area contributed by atoms with Crippen LogP contribution in [0.5, 0.6) is 0 Å². The van der Waals surface area contributed by atoms with Crippen molar-refractivity contribution in [1.29, 1.82) is 0 Å². The van der Waals surface area contributed by atoms with Crippen molar-refractivity contribution in [2.45, 2.75) is 25.8 Å². The van der Waals surface area contributed by atoms with Gasteiger partial charge in [-0.15, -0.1) is 11.3 Å². The Morgan fingerprint density at radius 3 is 2.88 bits per heavy atom. The molecule has 1 aliphatic rings. The molecule has 5 heteroatoms. The van der Waals surface area contributed by atoms with Crippen LogP contribution in [0.3, 0.4) is 0 Å². The van der Waals surface area contributed by atoms with E-state index in [0.29, 0.717) is 6.04 Å². The van der Waals surface area contributed by atoms with Gasteiger partial charge in [0.15, 0.2) is 10.8 Å². The van der Waals surface area contributed by atoms with Crippen LogP contribution < -0.4 is 5.32 Å². The van der Waals surface area contributed by atoms with Crippen LogP contribution in [0.15, 0.2) is 17.8 Å². The summed E-state index contributed by atoms with van der Waals surface area (Å²) in [6.45, 7) is 3.08. The second-order valence-electron chi connectivity index (χ2n) is 4.31. The maximum absolute atomic E-state index is 4.62. The Hall–Kier alpha value is -1.33. The van der Waals surface area contributed by atoms with Crippen LogP contribution in [0.25, 0.3) is 10.8 Å². The quantitative estimate of drug-likeness (QED) is 0.883. The van der Waals surface area contributed by atoms with Crippen molar-refractivity contribution in [2.24, 2.45) is 0 Å². The van der Waals surface area contributed by atoms with Gasteiger partial charge in [-0.25, -0.2) is 15.0 Å². The zero-order valence-electron chi connectivity index (χ0n) is 9.68. The number of nitrogens with zero attached hydrogens (tertiary/aromatic N) is 3. The number of hydrogen-bond donors (Lipinski definition) is 1. The normalized spacial score (nSPS) is 19.7. The van der Waals surface area contributed by atoms with E-state index in [1.54, 1.807) is 11.3 Å². The van der Waals surface area contributed by atoms with Gasteiger partial charge in [0.25, 0.3) is 0 Å². The molecule has 1 atom stereocenters. The average molecular weight is 246 g/mol. The largest absolute Gasteiger partial charge is 0.309 e. The zero-order valence-corrected chi connectivity index (χ0v) is 10.5. The van der Waals surface area contributed by atoms with Crippen LogP contribution in [0.1, 0.15) is 30.1 Å². The van der Waals surface area contributed by atoms with Gasteiger partial charge in [-0.3, -0.25) is 0 Å². The van der Waals surface area contributed by atoms with Gasteiger partial charge in [0.1, 0.15) is 0 Å². The molecule has 4 nitrogen and oxygen atoms in total. The monoisotopic (exact) mass is 246 g/mol. The van der Waals surface area contributed by atoms with E-state index < -0.39 is 0 Å². The van der Waals surface area contributed by atoms with E-state index in [4.69, 9.17) is 0 Å². The van der Waals surface area contributed by atoms with E-state index in [1.807, 2.05) is 19.3 Å². The topological polar surface area (TPSA) is 50.7 Å². The molecule has 1 unspecified atom stereocenters. The van der Waals surface area contributed by atoms with E-state index in [1.165, 1.54) is 12.8 Å². The van der Waals surface area contributed by atoms with Gasteiger partial charge in [0, 0.05) is 17.8 Å². The molecule has 2 aromatic rings. The number of aryl methyl sites for hydroxylation is 1. The Bertz CT molecular complexity index is 499. The summed E-state index contributed by atoms with van der Waals surface area (Å²) in [5.74, 6) is 0.727. The van der Waals surface area contributed by atoms with Crippen molar-refractivity contribution in [1.82, 2.24) is 20.3 Å². The fourth-order valence-electron chi connectivity index (χ4n) is 1.99. The van der Waals surface area contributed by atoms with Crippen LogP contribution in [0.4, 0.5) is 0 Å². The lowest BCUT2D eigenvalue weighted by Gasteiger charge is -2.04. The molecular weight excluding hydrogens is 232 g/mol. The summed E-state index contributed by atoms with van der Waals surface area (Å²) in [6, 6.07) is 0.422. The highest BCUT2D eigenvalue weighted by Gasteiger charge is 2.19. The third kappa shape index (κ3) is 2.21. The lowest BCUT2D eigenvalue weighted by atomic mass is 10.2. The molecule has 17 heavy (non-hydrogen) atoms. The molecule has 0 aromatic carbocycles. The second-order valence-corrected chi connectivity index (χ2v) is 5.17. The molecule has 0 bridgehead atoms. The van der Waals surface area contributed by atoms with Gasteiger partial charge in [0.05, 0.1) is 11.7 Å². The smallest absolute Gasteiger partial charge is 0.188 e. The van der Waals surface area contributed by atoms with Gasteiger partial charge in [-0.2, -0.15) is 0 Å². The van der Waals surface area contributed by atoms with Gasteiger partial charge < -0.3 is 5.32 Å². The molecule has 2 aromatic heterocycles. The Kier molecular flexibility index (Phi) is 2.86. The number of thiazole rings is 1. The molecule has 1 N–H and O–H groups in total. The fourth-order valence-corrected chi connectivity index (χ4v) is 2.81. The molecule has 0 radical (unpaired) electrons. The van der Waals surface area contributed by atoms with Crippen molar-refractivity contribution >= 4 is 11.3 Å². The first-order valence-corrected chi connectivity index (χ1v) is 6.69. The molecule has 1 saturated heterocycles. The minimum absolute atomic E-state index is 0.422. The summed E-state index contributed by atoms with van der Waals surface area (Å²) >= 11 is 1.62. The third-order valence-corrected chi connectivity index (χ3v) is 3.77. The lowest BCUT2D eigenvalue weighted by molar-refractivity contribution is 0.632. The first-order valence-electron chi connectivity index (χ1n) is 5.81. The molecule has 0 aliphatic carbocycles. The Labute approximate surface area is 104 Å². The molecule has 3 heterocycles. The molecule has 3 rings (SSSR count). The molecule has 0 saturated carbocycles. The summed E-state index contributed by atoms with van der Waals surface area (Å²) in [7, 11) is 0. The first-order chi connectivity index (χ1) is 8.33. The van der Waals surface area contributed by atoms with Crippen molar-refractivity contribution < 1.29 is 0 Å². The average Bonchev–Trinajstić information content (AvgIpc) is 3.00. The lowest BCUT2D eigenvalue weighted by Crippen LogP contribution is -2.12. The molecule has 1 aliphatic heterocycles. The number of nitrogens with one attached hydrogen (secondary N) is 1. The van der Waals surface area contributed by atoms with Crippen molar-refractivity contribution in [2.75, 3.05) is 6.54 Å². The third-order valence-electron chi connectivity index (χ3n) is 2.91. The maximum atomic E-state index is 4.62. The van der Waals surface area contributed by atoms with Crippen LogP contribution in [-0.2, 0) is 0 Å². The van der Waals surface area contributed by atoms with Crippen molar-refractivity contribution in [3.63, 3.8) is 0 Å². The van der Waals surface area contributed by atoms with E-state index >= 15 is 0 Å². The number of aromatic nitrogens is 3. The Morgan fingerprint density at radius 2 is 2.18 bits per heavy atom. The summed E-state index contributed by atoms with van der Waals surface area (Å²) in [5.41, 5.74) is 2.20. The van der Waals surface area contributed by atoms with Crippen LogP contribution >= 0.6 is 11.3 Å². The summed E-state index contributed by atoms with van der Waals surface area (Å²) in [6.07, 6.45) is 6.07. The minimum atomic E-state index is 0.422.